The maximum Gasteiger partial charge on any atom is 0.255 e. The standard InChI is InChI=1S/C20H17ClFN3O2/c21-17-6-2-1-5-16(17)20(26)25-11-3-4-14(12-25)19-24-23-18(27-19)13-7-9-15(22)10-8-13/h1-2,5-10,14H,3-4,11-12H2. The van der Waals surface area contributed by atoms with Crippen LogP contribution in [0, 0.1) is 5.82 Å². The van der Waals surface area contributed by atoms with Crippen molar-refractivity contribution in [1.82, 2.24) is 15.1 Å². The molecule has 0 bridgehead atoms. The molecule has 2 heterocycles. The lowest BCUT2D eigenvalue weighted by Gasteiger charge is -2.31. The van der Waals surface area contributed by atoms with Crippen molar-refractivity contribution in [1.29, 1.82) is 0 Å². The summed E-state index contributed by atoms with van der Waals surface area (Å²) in [6.45, 7) is 1.16. The number of halogens is 2. The third kappa shape index (κ3) is 3.71. The summed E-state index contributed by atoms with van der Waals surface area (Å²) in [5, 5.41) is 8.66. The molecule has 0 radical (unpaired) electrons. The molecule has 0 saturated carbocycles. The minimum absolute atomic E-state index is 0.0353. The Morgan fingerprint density at radius 2 is 1.93 bits per heavy atom. The molecule has 3 aromatic rings. The minimum atomic E-state index is -0.320. The summed E-state index contributed by atoms with van der Waals surface area (Å²) in [7, 11) is 0. The number of amides is 1. The number of carbonyl (C=O) groups is 1. The first-order valence-corrected chi connectivity index (χ1v) is 9.13. The van der Waals surface area contributed by atoms with Crippen molar-refractivity contribution in [3.63, 3.8) is 0 Å². The maximum atomic E-state index is 13.1. The fourth-order valence-corrected chi connectivity index (χ4v) is 3.49. The van der Waals surface area contributed by atoms with Crippen molar-refractivity contribution >= 4 is 17.5 Å². The van der Waals surface area contributed by atoms with Gasteiger partial charge < -0.3 is 9.32 Å². The Morgan fingerprint density at radius 3 is 2.70 bits per heavy atom. The topological polar surface area (TPSA) is 59.2 Å². The van der Waals surface area contributed by atoms with Crippen LogP contribution < -0.4 is 0 Å². The van der Waals surface area contributed by atoms with E-state index in [1.165, 1.54) is 12.1 Å². The first kappa shape index (κ1) is 17.7. The quantitative estimate of drug-likeness (QED) is 0.663. The van der Waals surface area contributed by atoms with E-state index in [0.29, 0.717) is 41.0 Å². The number of carbonyl (C=O) groups excluding carboxylic acids is 1. The molecule has 0 spiro atoms. The molecule has 27 heavy (non-hydrogen) atoms. The lowest BCUT2D eigenvalue weighted by molar-refractivity contribution is 0.0698. The molecular weight excluding hydrogens is 369 g/mol. The highest BCUT2D eigenvalue weighted by Crippen LogP contribution is 2.30. The summed E-state index contributed by atoms with van der Waals surface area (Å²) < 4.78 is 18.9. The van der Waals surface area contributed by atoms with Crippen LogP contribution in [0.5, 0.6) is 0 Å². The molecule has 1 aromatic heterocycles. The lowest BCUT2D eigenvalue weighted by atomic mass is 9.97. The van der Waals surface area contributed by atoms with Gasteiger partial charge >= 0.3 is 0 Å². The molecule has 138 valence electrons. The average Bonchev–Trinajstić information content (AvgIpc) is 3.19. The van der Waals surface area contributed by atoms with Crippen molar-refractivity contribution in [3.05, 3.63) is 70.8 Å². The van der Waals surface area contributed by atoms with Gasteiger partial charge in [-0.15, -0.1) is 10.2 Å². The number of aromatic nitrogens is 2. The zero-order valence-corrected chi connectivity index (χ0v) is 15.2. The van der Waals surface area contributed by atoms with E-state index >= 15 is 0 Å². The Morgan fingerprint density at radius 1 is 1.15 bits per heavy atom. The van der Waals surface area contributed by atoms with Crippen LogP contribution >= 0.6 is 11.6 Å². The number of hydrogen-bond acceptors (Lipinski definition) is 4. The Bertz CT molecular complexity index is 958. The molecule has 1 aliphatic rings. The van der Waals surface area contributed by atoms with Gasteiger partial charge in [0, 0.05) is 18.7 Å². The molecule has 2 aromatic carbocycles. The molecule has 4 rings (SSSR count). The SMILES string of the molecule is O=C(c1ccccc1Cl)N1CCCC(c2nnc(-c3ccc(F)cc3)o2)C1. The smallest absolute Gasteiger partial charge is 0.255 e. The monoisotopic (exact) mass is 385 g/mol. The fraction of sp³-hybridized carbons (Fsp3) is 0.250. The van der Waals surface area contributed by atoms with E-state index in [4.69, 9.17) is 16.0 Å². The highest BCUT2D eigenvalue weighted by atomic mass is 35.5. The normalized spacial score (nSPS) is 17.1. The van der Waals surface area contributed by atoms with E-state index in [0.717, 1.165) is 12.8 Å². The minimum Gasteiger partial charge on any atom is -0.420 e. The number of hydrogen-bond donors (Lipinski definition) is 0. The summed E-state index contributed by atoms with van der Waals surface area (Å²) in [4.78, 5) is 14.6. The summed E-state index contributed by atoms with van der Waals surface area (Å²) in [6.07, 6.45) is 1.70. The Kier molecular flexibility index (Phi) is 4.90. The van der Waals surface area contributed by atoms with Crippen LogP contribution in [0.3, 0.4) is 0 Å². The van der Waals surface area contributed by atoms with E-state index in [1.807, 2.05) is 0 Å². The maximum absolute atomic E-state index is 13.1. The largest absolute Gasteiger partial charge is 0.420 e. The number of benzene rings is 2. The van der Waals surface area contributed by atoms with Gasteiger partial charge in [0.15, 0.2) is 0 Å². The van der Waals surface area contributed by atoms with Gasteiger partial charge in [-0.05, 0) is 49.2 Å². The van der Waals surface area contributed by atoms with Crippen LogP contribution in [-0.4, -0.2) is 34.1 Å². The lowest BCUT2D eigenvalue weighted by Crippen LogP contribution is -2.39. The van der Waals surface area contributed by atoms with Crippen LogP contribution in [0.2, 0.25) is 5.02 Å². The molecule has 1 saturated heterocycles. The first-order chi connectivity index (χ1) is 13.1. The number of nitrogens with zero attached hydrogens (tertiary/aromatic N) is 3. The van der Waals surface area contributed by atoms with Crippen molar-refractivity contribution < 1.29 is 13.6 Å². The number of likely N-dealkylation sites (tertiary alicyclic amines) is 1. The summed E-state index contributed by atoms with van der Waals surface area (Å²) >= 11 is 6.16. The number of rotatable bonds is 3. The van der Waals surface area contributed by atoms with E-state index in [9.17, 15) is 9.18 Å². The van der Waals surface area contributed by atoms with Gasteiger partial charge in [-0.25, -0.2) is 4.39 Å². The van der Waals surface area contributed by atoms with Crippen molar-refractivity contribution in [3.8, 4) is 11.5 Å². The van der Waals surface area contributed by atoms with E-state index in [2.05, 4.69) is 10.2 Å². The third-order valence-electron chi connectivity index (χ3n) is 4.69. The Hall–Kier alpha value is -2.73. The average molecular weight is 386 g/mol. The summed E-state index contributed by atoms with van der Waals surface area (Å²) in [5.74, 6) is 0.389. The van der Waals surface area contributed by atoms with Crippen molar-refractivity contribution in [2.75, 3.05) is 13.1 Å². The first-order valence-electron chi connectivity index (χ1n) is 8.75. The second kappa shape index (κ2) is 7.48. The zero-order chi connectivity index (χ0) is 18.8. The molecule has 1 unspecified atom stereocenters. The molecule has 1 aliphatic heterocycles. The molecule has 5 nitrogen and oxygen atoms in total. The van der Waals surface area contributed by atoms with E-state index in [1.54, 1.807) is 41.3 Å². The molecular formula is C20H17ClFN3O2. The van der Waals surface area contributed by atoms with E-state index < -0.39 is 0 Å². The molecule has 0 N–H and O–H groups in total. The predicted octanol–water partition coefficient (Wildman–Crippen LogP) is 4.55. The molecule has 7 heteroatoms. The van der Waals surface area contributed by atoms with Gasteiger partial charge in [0.2, 0.25) is 11.8 Å². The second-order valence-corrected chi connectivity index (χ2v) is 6.93. The third-order valence-corrected chi connectivity index (χ3v) is 5.02. The summed E-state index contributed by atoms with van der Waals surface area (Å²) in [5.41, 5.74) is 1.16. The van der Waals surface area contributed by atoms with Crippen molar-refractivity contribution in [2.24, 2.45) is 0 Å². The van der Waals surface area contributed by atoms with Crippen molar-refractivity contribution in [2.45, 2.75) is 18.8 Å². The highest BCUT2D eigenvalue weighted by Gasteiger charge is 2.29. The fourth-order valence-electron chi connectivity index (χ4n) is 3.28. The van der Waals surface area contributed by atoms with E-state index in [-0.39, 0.29) is 17.6 Å². The second-order valence-electron chi connectivity index (χ2n) is 6.52. The molecule has 1 fully saturated rings. The van der Waals surface area contributed by atoms with Crippen LogP contribution in [-0.2, 0) is 0 Å². The van der Waals surface area contributed by atoms with Crippen LogP contribution in [0.15, 0.2) is 52.9 Å². The summed E-state index contributed by atoms with van der Waals surface area (Å²) in [6, 6.07) is 12.9. The van der Waals surface area contributed by atoms with Gasteiger partial charge in [-0.3, -0.25) is 4.79 Å². The molecule has 0 aliphatic carbocycles. The van der Waals surface area contributed by atoms with Gasteiger partial charge in [0.05, 0.1) is 16.5 Å². The predicted molar refractivity (Wildman–Crippen MR) is 99.0 cm³/mol. The number of piperidine rings is 1. The Labute approximate surface area is 160 Å². The van der Waals surface area contributed by atoms with Gasteiger partial charge in [-0.1, -0.05) is 23.7 Å². The van der Waals surface area contributed by atoms with Crippen LogP contribution in [0.4, 0.5) is 4.39 Å². The van der Waals surface area contributed by atoms with Gasteiger partial charge in [-0.2, -0.15) is 0 Å². The molecule has 1 atom stereocenters. The highest BCUT2D eigenvalue weighted by molar-refractivity contribution is 6.33. The Balaban J connectivity index is 1.51. The van der Waals surface area contributed by atoms with Crippen LogP contribution in [0.1, 0.15) is 35.0 Å². The van der Waals surface area contributed by atoms with Gasteiger partial charge in [0.25, 0.3) is 5.91 Å². The van der Waals surface area contributed by atoms with Crippen LogP contribution in [0.25, 0.3) is 11.5 Å². The molecule has 1 amide bonds. The zero-order valence-electron chi connectivity index (χ0n) is 14.4. The van der Waals surface area contributed by atoms with Gasteiger partial charge in [0.1, 0.15) is 5.82 Å².